The first-order chi connectivity index (χ1) is 10.8. The van der Waals surface area contributed by atoms with Gasteiger partial charge in [-0.3, -0.25) is 9.59 Å². The summed E-state index contributed by atoms with van der Waals surface area (Å²) in [6.45, 7) is 5.86. The summed E-state index contributed by atoms with van der Waals surface area (Å²) in [7, 11) is 0. The van der Waals surface area contributed by atoms with E-state index in [2.05, 4.69) is 5.10 Å². The van der Waals surface area contributed by atoms with Crippen molar-refractivity contribution in [2.24, 2.45) is 5.41 Å². The largest absolute Gasteiger partial charge is 0.299 e. The quantitative estimate of drug-likeness (QED) is 0.785. The molecule has 0 N–H and O–H groups in total. The highest BCUT2D eigenvalue weighted by atomic mass is 35.5. The molecule has 1 saturated carbocycles. The van der Waals surface area contributed by atoms with Crippen molar-refractivity contribution in [2.45, 2.75) is 39.5 Å². The summed E-state index contributed by atoms with van der Waals surface area (Å²) in [5.41, 5.74) is 2.27. The van der Waals surface area contributed by atoms with E-state index in [1.165, 1.54) is 0 Å². The number of aromatic nitrogens is 2. The number of hydrogen-bond donors (Lipinski definition) is 0. The second-order valence-corrected chi connectivity index (χ2v) is 7.46. The summed E-state index contributed by atoms with van der Waals surface area (Å²) in [5, 5.41) is 4.72. The van der Waals surface area contributed by atoms with Gasteiger partial charge in [0.15, 0.2) is 0 Å². The minimum Gasteiger partial charge on any atom is -0.299 e. The highest BCUT2D eigenvalue weighted by molar-refractivity contribution is 6.30. The number of rotatable bonds is 2. The van der Waals surface area contributed by atoms with Crippen molar-refractivity contribution in [3.05, 3.63) is 46.7 Å². The van der Waals surface area contributed by atoms with Crippen molar-refractivity contribution in [1.82, 2.24) is 9.78 Å². The first kappa shape index (κ1) is 15.9. The lowest BCUT2D eigenvalue weighted by atomic mass is 9.69. The molecule has 0 atom stereocenters. The van der Waals surface area contributed by atoms with Gasteiger partial charge in [0.25, 0.3) is 0 Å². The summed E-state index contributed by atoms with van der Waals surface area (Å²) in [4.78, 5) is 25.1. The number of carbonyl (C=O) groups is 2. The molecule has 0 bridgehead atoms. The molecule has 0 radical (unpaired) electrons. The molecule has 0 unspecified atom stereocenters. The van der Waals surface area contributed by atoms with Crippen LogP contribution in [0.2, 0.25) is 5.02 Å². The van der Waals surface area contributed by atoms with Gasteiger partial charge in [0.05, 0.1) is 16.9 Å². The zero-order valence-corrected chi connectivity index (χ0v) is 14.2. The van der Waals surface area contributed by atoms with Gasteiger partial charge in [0.1, 0.15) is 17.5 Å². The molecule has 5 heteroatoms. The summed E-state index contributed by atoms with van der Waals surface area (Å²) < 4.78 is 1.65. The van der Waals surface area contributed by atoms with Gasteiger partial charge in [0, 0.05) is 19.0 Å². The monoisotopic (exact) mass is 330 g/mol. The van der Waals surface area contributed by atoms with Gasteiger partial charge in [-0.05, 0) is 35.6 Å². The fourth-order valence-electron chi connectivity index (χ4n) is 3.26. The second-order valence-electron chi connectivity index (χ2n) is 7.03. The number of hydrogen-bond acceptors (Lipinski definition) is 3. The standard InChI is InChI=1S/C18H19ClN2O2/c1-11-4-5-13(21-10-12(19)9-20-21)6-14(11)17-15(22)7-18(2,3)8-16(17)23/h4-6,9-10,17H,7-8H2,1-3H3. The Morgan fingerprint density at radius 1 is 1.22 bits per heavy atom. The van der Waals surface area contributed by atoms with Gasteiger partial charge >= 0.3 is 0 Å². The van der Waals surface area contributed by atoms with Gasteiger partial charge in [0.2, 0.25) is 0 Å². The minimum absolute atomic E-state index is 0.00463. The predicted octanol–water partition coefficient (Wildman–Crippen LogP) is 3.88. The van der Waals surface area contributed by atoms with Gasteiger partial charge in [-0.15, -0.1) is 0 Å². The average molecular weight is 331 g/mol. The number of carbonyl (C=O) groups excluding carboxylic acids is 2. The molecule has 3 rings (SSSR count). The van der Waals surface area contributed by atoms with Crippen LogP contribution in [0.4, 0.5) is 0 Å². The molecule has 1 heterocycles. The maximum Gasteiger partial charge on any atom is 0.148 e. The van der Waals surface area contributed by atoms with Crippen molar-refractivity contribution in [3.8, 4) is 5.69 Å². The lowest BCUT2D eigenvalue weighted by Crippen LogP contribution is -2.36. The highest BCUT2D eigenvalue weighted by Crippen LogP contribution is 2.39. The minimum atomic E-state index is -0.658. The van der Waals surface area contributed by atoms with Crippen LogP contribution >= 0.6 is 11.6 Å². The third kappa shape index (κ3) is 3.08. The molecule has 0 amide bonds. The van der Waals surface area contributed by atoms with Crippen LogP contribution in [0.3, 0.4) is 0 Å². The molecule has 0 aliphatic heterocycles. The Morgan fingerprint density at radius 2 is 1.87 bits per heavy atom. The zero-order chi connectivity index (χ0) is 16.8. The molecule has 4 nitrogen and oxygen atoms in total. The van der Waals surface area contributed by atoms with Crippen LogP contribution in [-0.4, -0.2) is 21.3 Å². The van der Waals surface area contributed by atoms with Crippen LogP contribution < -0.4 is 0 Å². The van der Waals surface area contributed by atoms with Crippen LogP contribution in [-0.2, 0) is 9.59 Å². The van der Waals surface area contributed by atoms with Gasteiger partial charge < -0.3 is 0 Å². The Bertz CT molecular complexity index is 772. The molecule has 1 aliphatic carbocycles. The fraction of sp³-hybridized carbons (Fsp3) is 0.389. The van der Waals surface area contributed by atoms with Crippen LogP contribution in [0.5, 0.6) is 0 Å². The molecule has 0 saturated heterocycles. The maximum atomic E-state index is 12.6. The van der Waals surface area contributed by atoms with Gasteiger partial charge in [-0.1, -0.05) is 31.5 Å². The van der Waals surface area contributed by atoms with Crippen LogP contribution in [0.15, 0.2) is 30.6 Å². The van der Waals surface area contributed by atoms with Gasteiger partial charge in [-0.25, -0.2) is 4.68 Å². The Balaban J connectivity index is 2.02. The molecule has 1 aromatic heterocycles. The molecule has 2 aromatic rings. The molecule has 1 aliphatic rings. The van der Waals surface area contributed by atoms with E-state index < -0.39 is 5.92 Å². The Kier molecular flexibility index (Phi) is 3.88. The van der Waals surface area contributed by atoms with E-state index in [-0.39, 0.29) is 17.0 Å². The normalized spacial score (nSPS) is 18.4. The number of benzene rings is 1. The van der Waals surface area contributed by atoms with E-state index in [0.717, 1.165) is 16.8 Å². The number of Topliss-reactive ketones (excluding diaryl/α,β-unsaturated/α-hetero) is 2. The maximum absolute atomic E-state index is 12.6. The van der Waals surface area contributed by atoms with Gasteiger partial charge in [-0.2, -0.15) is 5.10 Å². The second kappa shape index (κ2) is 5.60. The van der Waals surface area contributed by atoms with Crippen molar-refractivity contribution in [1.29, 1.82) is 0 Å². The van der Waals surface area contributed by atoms with Crippen LogP contribution in [0.1, 0.15) is 43.7 Å². The predicted molar refractivity (Wildman–Crippen MR) is 89.1 cm³/mol. The number of aryl methyl sites for hydroxylation is 1. The third-order valence-corrected chi connectivity index (χ3v) is 4.53. The van der Waals surface area contributed by atoms with Crippen molar-refractivity contribution in [3.63, 3.8) is 0 Å². The molecule has 1 aromatic carbocycles. The summed E-state index contributed by atoms with van der Waals surface area (Å²) in [6.07, 6.45) is 4.12. The lowest BCUT2D eigenvalue weighted by molar-refractivity contribution is -0.135. The molecular weight excluding hydrogens is 312 g/mol. The van der Waals surface area contributed by atoms with Crippen LogP contribution in [0, 0.1) is 12.3 Å². The SMILES string of the molecule is Cc1ccc(-n2cc(Cl)cn2)cc1C1C(=O)CC(C)(C)CC1=O. The molecular formula is C18H19ClN2O2. The highest BCUT2D eigenvalue weighted by Gasteiger charge is 2.40. The number of ketones is 2. The zero-order valence-electron chi connectivity index (χ0n) is 13.5. The van der Waals surface area contributed by atoms with E-state index in [1.54, 1.807) is 17.1 Å². The smallest absolute Gasteiger partial charge is 0.148 e. The van der Waals surface area contributed by atoms with Crippen molar-refractivity contribution >= 4 is 23.2 Å². The lowest BCUT2D eigenvalue weighted by Gasteiger charge is -2.32. The summed E-state index contributed by atoms with van der Waals surface area (Å²) in [5.74, 6) is -0.649. The topological polar surface area (TPSA) is 52.0 Å². The van der Waals surface area contributed by atoms with Crippen molar-refractivity contribution in [2.75, 3.05) is 0 Å². The number of halogens is 1. The third-order valence-electron chi connectivity index (χ3n) is 4.34. The molecule has 0 spiro atoms. The molecule has 1 fully saturated rings. The van der Waals surface area contributed by atoms with E-state index in [0.29, 0.717) is 17.9 Å². The first-order valence-corrected chi connectivity index (χ1v) is 8.01. The fourth-order valence-corrected chi connectivity index (χ4v) is 3.40. The van der Waals surface area contributed by atoms with E-state index in [9.17, 15) is 9.59 Å². The molecule has 23 heavy (non-hydrogen) atoms. The Morgan fingerprint density at radius 3 is 2.43 bits per heavy atom. The van der Waals surface area contributed by atoms with E-state index >= 15 is 0 Å². The Hall–Kier alpha value is -1.94. The summed E-state index contributed by atoms with van der Waals surface area (Å²) in [6, 6.07) is 5.70. The Labute approximate surface area is 140 Å². The average Bonchev–Trinajstić information content (AvgIpc) is 2.85. The van der Waals surface area contributed by atoms with Crippen LogP contribution in [0.25, 0.3) is 5.69 Å². The molecule has 120 valence electrons. The van der Waals surface area contributed by atoms with E-state index in [4.69, 9.17) is 11.6 Å². The first-order valence-electron chi connectivity index (χ1n) is 7.63. The number of nitrogens with zero attached hydrogens (tertiary/aromatic N) is 2. The van der Waals surface area contributed by atoms with E-state index in [1.807, 2.05) is 39.0 Å². The van der Waals surface area contributed by atoms with Crippen molar-refractivity contribution < 1.29 is 9.59 Å². The summed E-state index contributed by atoms with van der Waals surface area (Å²) >= 11 is 5.92.